The number of amides is 1. The molecule has 1 aromatic rings. The lowest BCUT2D eigenvalue weighted by Gasteiger charge is -2.06. The number of thiocarbonyl (C=S) groups is 1. The first kappa shape index (κ1) is 10.5. The van der Waals surface area contributed by atoms with Gasteiger partial charge in [-0.1, -0.05) is 0 Å². The Bertz CT molecular complexity index is 348. The molecule has 0 aromatic carbocycles. The van der Waals surface area contributed by atoms with E-state index in [1.54, 1.807) is 31.0 Å². The van der Waals surface area contributed by atoms with Crippen molar-refractivity contribution >= 4 is 23.2 Å². The van der Waals surface area contributed by atoms with Gasteiger partial charge in [0.25, 0.3) is 5.91 Å². The van der Waals surface area contributed by atoms with Crippen molar-refractivity contribution in [1.29, 1.82) is 0 Å². The number of nitrogens with zero attached hydrogens (tertiary/aromatic N) is 2. The second-order valence-corrected chi connectivity index (χ2v) is 2.94. The first-order chi connectivity index (χ1) is 6.63. The molecule has 0 radical (unpaired) electrons. The minimum atomic E-state index is -0.330. The van der Waals surface area contributed by atoms with Crippen LogP contribution in [0.1, 0.15) is 10.5 Å². The van der Waals surface area contributed by atoms with E-state index in [0.717, 1.165) is 0 Å². The van der Waals surface area contributed by atoms with Crippen molar-refractivity contribution in [2.45, 2.75) is 0 Å². The molecule has 0 aliphatic rings. The lowest BCUT2D eigenvalue weighted by molar-refractivity contribution is 0.0938. The van der Waals surface area contributed by atoms with Crippen LogP contribution in [0.4, 0.5) is 0 Å². The lowest BCUT2D eigenvalue weighted by Crippen LogP contribution is -2.45. The molecule has 0 fully saturated rings. The van der Waals surface area contributed by atoms with Crippen LogP contribution in [0.15, 0.2) is 12.3 Å². The van der Waals surface area contributed by atoms with Crippen LogP contribution >= 0.6 is 12.2 Å². The van der Waals surface area contributed by atoms with Gasteiger partial charge in [-0.15, -0.1) is 0 Å². The maximum atomic E-state index is 11.3. The fourth-order valence-corrected chi connectivity index (χ4v) is 0.827. The Balaban J connectivity index is 2.47. The number of nitrogens with one attached hydrogen (secondary N) is 3. The molecule has 14 heavy (non-hydrogen) atoms. The van der Waals surface area contributed by atoms with Gasteiger partial charge in [0.2, 0.25) is 0 Å². The van der Waals surface area contributed by atoms with Crippen molar-refractivity contribution in [3.05, 3.63) is 18.0 Å². The zero-order valence-electron chi connectivity index (χ0n) is 7.87. The van der Waals surface area contributed by atoms with Gasteiger partial charge in [0, 0.05) is 20.3 Å². The Morgan fingerprint density at radius 3 is 2.79 bits per heavy atom. The highest BCUT2D eigenvalue weighted by molar-refractivity contribution is 7.80. The van der Waals surface area contributed by atoms with Crippen LogP contribution < -0.4 is 16.2 Å². The van der Waals surface area contributed by atoms with Gasteiger partial charge < -0.3 is 5.32 Å². The van der Waals surface area contributed by atoms with Gasteiger partial charge in [-0.25, -0.2) is 0 Å². The maximum absolute atomic E-state index is 11.3. The van der Waals surface area contributed by atoms with E-state index in [1.165, 1.54) is 0 Å². The van der Waals surface area contributed by atoms with Crippen LogP contribution in [0.5, 0.6) is 0 Å². The van der Waals surface area contributed by atoms with Crippen molar-refractivity contribution in [3.8, 4) is 0 Å². The maximum Gasteiger partial charge on any atom is 0.290 e. The quantitative estimate of drug-likeness (QED) is 0.419. The molecule has 0 saturated heterocycles. The predicted octanol–water partition coefficient (Wildman–Crippen LogP) is -0.841. The third-order valence-electron chi connectivity index (χ3n) is 1.46. The molecular formula is C7H11N5OS. The summed E-state index contributed by atoms with van der Waals surface area (Å²) in [5.41, 5.74) is 5.24. The van der Waals surface area contributed by atoms with E-state index in [2.05, 4.69) is 21.3 Å². The van der Waals surface area contributed by atoms with Gasteiger partial charge in [-0.2, -0.15) is 5.10 Å². The molecule has 0 bridgehead atoms. The molecule has 0 saturated carbocycles. The number of aromatic nitrogens is 2. The Morgan fingerprint density at radius 2 is 2.29 bits per heavy atom. The van der Waals surface area contributed by atoms with Crippen LogP contribution in [0, 0.1) is 0 Å². The standard InChI is InChI=1S/C7H11N5OS/c1-8-7(14)10-9-6(13)5-3-4-12(2)11-5/h3-4H,1-2H3,(H,9,13)(H2,8,10,14). The molecule has 0 atom stereocenters. The van der Waals surface area contributed by atoms with Crippen molar-refractivity contribution < 1.29 is 4.79 Å². The number of hydrazine groups is 1. The zero-order chi connectivity index (χ0) is 10.6. The summed E-state index contributed by atoms with van der Waals surface area (Å²) >= 11 is 4.77. The summed E-state index contributed by atoms with van der Waals surface area (Å²) in [4.78, 5) is 11.3. The van der Waals surface area contributed by atoms with E-state index in [9.17, 15) is 4.79 Å². The lowest BCUT2D eigenvalue weighted by atomic mass is 10.4. The van der Waals surface area contributed by atoms with Gasteiger partial charge in [0.1, 0.15) is 0 Å². The Morgan fingerprint density at radius 1 is 1.57 bits per heavy atom. The minimum absolute atomic E-state index is 0.330. The summed E-state index contributed by atoms with van der Waals surface area (Å²) in [7, 11) is 3.39. The fourth-order valence-electron chi connectivity index (χ4n) is 0.776. The monoisotopic (exact) mass is 213 g/mol. The largest absolute Gasteiger partial charge is 0.364 e. The van der Waals surface area contributed by atoms with Gasteiger partial charge in [-0.05, 0) is 18.3 Å². The predicted molar refractivity (Wildman–Crippen MR) is 55.5 cm³/mol. The molecule has 1 rings (SSSR count). The van der Waals surface area contributed by atoms with E-state index >= 15 is 0 Å². The van der Waals surface area contributed by atoms with Gasteiger partial charge in [0.15, 0.2) is 10.8 Å². The topological polar surface area (TPSA) is 71.0 Å². The average molecular weight is 213 g/mol. The number of hydrogen-bond acceptors (Lipinski definition) is 3. The van der Waals surface area contributed by atoms with Gasteiger partial charge >= 0.3 is 0 Å². The molecule has 7 heteroatoms. The number of carbonyl (C=O) groups is 1. The zero-order valence-corrected chi connectivity index (χ0v) is 8.68. The molecule has 1 heterocycles. The number of hydrogen-bond donors (Lipinski definition) is 3. The highest BCUT2D eigenvalue weighted by atomic mass is 32.1. The van der Waals surface area contributed by atoms with Crippen LogP contribution in [0.25, 0.3) is 0 Å². The molecule has 76 valence electrons. The van der Waals surface area contributed by atoms with Crippen LogP contribution in [0.3, 0.4) is 0 Å². The average Bonchev–Trinajstić information content (AvgIpc) is 2.60. The Labute approximate surface area is 86.6 Å². The molecule has 0 aliphatic heterocycles. The summed E-state index contributed by atoms with van der Waals surface area (Å²) in [5.74, 6) is -0.330. The Kier molecular flexibility index (Phi) is 3.41. The molecule has 0 unspecified atom stereocenters. The van der Waals surface area contributed by atoms with E-state index in [-0.39, 0.29) is 5.91 Å². The van der Waals surface area contributed by atoms with Crippen LogP contribution in [0.2, 0.25) is 0 Å². The Hall–Kier alpha value is -1.63. The summed E-state index contributed by atoms with van der Waals surface area (Å²) in [6.07, 6.45) is 1.69. The smallest absolute Gasteiger partial charge is 0.290 e. The minimum Gasteiger partial charge on any atom is -0.364 e. The van der Waals surface area contributed by atoms with Crippen molar-refractivity contribution in [3.63, 3.8) is 0 Å². The van der Waals surface area contributed by atoms with Gasteiger partial charge in [0.05, 0.1) is 0 Å². The highest BCUT2D eigenvalue weighted by Crippen LogP contribution is 1.91. The third-order valence-corrected chi connectivity index (χ3v) is 1.77. The molecule has 3 N–H and O–H groups in total. The SMILES string of the molecule is CNC(=S)NNC(=O)c1ccn(C)n1. The summed E-state index contributed by atoms with van der Waals surface area (Å²) in [6.45, 7) is 0. The van der Waals surface area contributed by atoms with Crippen molar-refractivity contribution in [1.82, 2.24) is 25.9 Å². The second kappa shape index (κ2) is 4.56. The second-order valence-electron chi connectivity index (χ2n) is 2.53. The van der Waals surface area contributed by atoms with E-state index in [4.69, 9.17) is 12.2 Å². The summed E-state index contributed by atoms with van der Waals surface area (Å²) in [6, 6.07) is 1.61. The molecule has 1 aromatic heterocycles. The molecule has 0 spiro atoms. The highest BCUT2D eigenvalue weighted by Gasteiger charge is 2.07. The van der Waals surface area contributed by atoms with Crippen LogP contribution in [-0.2, 0) is 7.05 Å². The number of carbonyl (C=O) groups excluding carboxylic acids is 1. The summed E-state index contributed by atoms with van der Waals surface area (Å²) < 4.78 is 1.55. The van der Waals surface area contributed by atoms with Crippen molar-refractivity contribution in [2.75, 3.05) is 7.05 Å². The molecule has 1 amide bonds. The van der Waals surface area contributed by atoms with Gasteiger partial charge in [-0.3, -0.25) is 20.3 Å². The summed E-state index contributed by atoms with van der Waals surface area (Å²) in [5, 5.41) is 6.91. The number of aryl methyl sites for hydroxylation is 1. The third kappa shape index (κ3) is 2.70. The number of rotatable bonds is 1. The van der Waals surface area contributed by atoms with E-state index in [0.29, 0.717) is 10.8 Å². The normalized spacial score (nSPS) is 9.29. The van der Waals surface area contributed by atoms with Crippen molar-refractivity contribution in [2.24, 2.45) is 7.05 Å². The molecule has 0 aliphatic carbocycles. The molecule has 6 nitrogen and oxygen atoms in total. The van der Waals surface area contributed by atoms with E-state index < -0.39 is 0 Å². The van der Waals surface area contributed by atoms with E-state index in [1.807, 2.05) is 0 Å². The molecular weight excluding hydrogens is 202 g/mol. The fraction of sp³-hybridized carbons (Fsp3) is 0.286. The first-order valence-electron chi connectivity index (χ1n) is 3.91. The first-order valence-corrected chi connectivity index (χ1v) is 4.32. The van der Waals surface area contributed by atoms with Crippen LogP contribution in [-0.4, -0.2) is 27.8 Å².